The fraction of sp³-hybridized carbons (Fsp3) is 0.308. The van der Waals surface area contributed by atoms with Crippen LogP contribution in [0.2, 0.25) is 0 Å². The van der Waals surface area contributed by atoms with Crippen molar-refractivity contribution in [1.82, 2.24) is 10.3 Å². The maximum absolute atomic E-state index is 12.5. The molecule has 2 nitrogen and oxygen atoms in total. The Hall–Kier alpha value is -1.40. The number of pyridine rings is 1. The molecule has 2 aromatic heterocycles. The highest BCUT2D eigenvalue weighted by Gasteiger charge is 2.31. The Balaban J connectivity index is 2.28. The molecule has 0 bridgehead atoms. The molecule has 1 unspecified atom stereocenters. The van der Waals surface area contributed by atoms with Gasteiger partial charge in [0.1, 0.15) is 0 Å². The van der Waals surface area contributed by atoms with Crippen molar-refractivity contribution < 1.29 is 13.2 Å². The summed E-state index contributed by atoms with van der Waals surface area (Å²) in [5.74, 6) is 0. The Labute approximate surface area is 113 Å². The molecule has 1 atom stereocenters. The van der Waals surface area contributed by atoms with Crippen LogP contribution in [-0.4, -0.2) is 11.5 Å². The van der Waals surface area contributed by atoms with Crippen LogP contribution in [0, 0.1) is 0 Å². The number of hydrogen-bond acceptors (Lipinski definition) is 3. The minimum absolute atomic E-state index is 0.168. The second-order valence-corrected chi connectivity index (χ2v) is 4.80. The van der Waals surface area contributed by atoms with E-state index in [1.54, 1.807) is 11.3 Å². The van der Waals surface area contributed by atoms with Gasteiger partial charge in [-0.1, -0.05) is 6.92 Å². The van der Waals surface area contributed by atoms with Crippen LogP contribution in [0.4, 0.5) is 13.2 Å². The molecule has 0 amide bonds. The van der Waals surface area contributed by atoms with Crippen LogP contribution in [-0.2, 0) is 6.18 Å². The van der Waals surface area contributed by atoms with E-state index in [9.17, 15) is 13.2 Å². The molecule has 2 rings (SSSR count). The average Bonchev–Trinajstić information content (AvgIpc) is 2.89. The van der Waals surface area contributed by atoms with Crippen LogP contribution in [0.25, 0.3) is 0 Å². The van der Waals surface area contributed by atoms with Gasteiger partial charge in [0, 0.05) is 6.20 Å². The number of alkyl halides is 3. The molecule has 1 N–H and O–H groups in total. The average molecular weight is 286 g/mol. The van der Waals surface area contributed by atoms with Gasteiger partial charge < -0.3 is 5.32 Å². The van der Waals surface area contributed by atoms with E-state index < -0.39 is 11.7 Å². The molecular formula is C13H13F3N2S. The molecule has 2 aromatic rings. The summed E-state index contributed by atoms with van der Waals surface area (Å²) >= 11 is 1.55. The van der Waals surface area contributed by atoms with E-state index in [1.807, 2.05) is 23.8 Å². The van der Waals surface area contributed by atoms with Crippen molar-refractivity contribution in [2.24, 2.45) is 0 Å². The minimum atomic E-state index is -4.35. The molecule has 0 aromatic carbocycles. The second-order valence-electron chi connectivity index (χ2n) is 4.02. The van der Waals surface area contributed by atoms with Crippen LogP contribution in [0.3, 0.4) is 0 Å². The van der Waals surface area contributed by atoms with E-state index >= 15 is 0 Å². The number of aromatic nitrogens is 1. The first kappa shape index (κ1) is 14.0. The number of halogens is 3. The summed E-state index contributed by atoms with van der Waals surface area (Å²) in [6.45, 7) is 2.66. The first-order valence-electron chi connectivity index (χ1n) is 5.81. The lowest BCUT2D eigenvalue weighted by molar-refractivity contribution is -0.137. The minimum Gasteiger partial charge on any atom is -0.305 e. The van der Waals surface area contributed by atoms with Crippen molar-refractivity contribution in [3.05, 3.63) is 52.0 Å². The SMILES string of the molecule is CCNC(c1ccsc1)c1ccc(C(F)(F)F)cn1. The van der Waals surface area contributed by atoms with Gasteiger partial charge in [0.15, 0.2) is 0 Å². The van der Waals surface area contributed by atoms with Crippen molar-refractivity contribution in [1.29, 1.82) is 0 Å². The van der Waals surface area contributed by atoms with Gasteiger partial charge in [-0.3, -0.25) is 4.98 Å². The maximum atomic E-state index is 12.5. The Morgan fingerprint density at radius 2 is 2.11 bits per heavy atom. The monoisotopic (exact) mass is 286 g/mol. The van der Waals surface area contributed by atoms with Gasteiger partial charge in [0.25, 0.3) is 0 Å². The van der Waals surface area contributed by atoms with Crippen molar-refractivity contribution >= 4 is 11.3 Å². The number of rotatable bonds is 4. The van der Waals surface area contributed by atoms with E-state index in [-0.39, 0.29) is 6.04 Å². The smallest absolute Gasteiger partial charge is 0.305 e. The van der Waals surface area contributed by atoms with E-state index in [1.165, 1.54) is 6.07 Å². The van der Waals surface area contributed by atoms with Gasteiger partial charge in [-0.05, 0) is 41.1 Å². The van der Waals surface area contributed by atoms with E-state index in [0.29, 0.717) is 12.2 Å². The van der Waals surface area contributed by atoms with Crippen molar-refractivity contribution in [2.75, 3.05) is 6.54 Å². The molecule has 0 aliphatic heterocycles. The molecule has 2 heterocycles. The number of nitrogens with zero attached hydrogens (tertiary/aromatic N) is 1. The number of hydrogen-bond donors (Lipinski definition) is 1. The third kappa shape index (κ3) is 3.33. The summed E-state index contributed by atoms with van der Waals surface area (Å²) in [5, 5.41) is 7.12. The van der Waals surface area contributed by atoms with Crippen LogP contribution in [0.1, 0.15) is 29.8 Å². The molecular weight excluding hydrogens is 273 g/mol. The molecule has 0 saturated heterocycles. The predicted molar refractivity (Wildman–Crippen MR) is 69.1 cm³/mol. The lowest BCUT2D eigenvalue weighted by Gasteiger charge is -2.17. The van der Waals surface area contributed by atoms with E-state index in [0.717, 1.165) is 17.8 Å². The van der Waals surface area contributed by atoms with Gasteiger partial charge in [0.2, 0.25) is 0 Å². The van der Waals surface area contributed by atoms with Crippen LogP contribution >= 0.6 is 11.3 Å². The molecule has 102 valence electrons. The highest BCUT2D eigenvalue weighted by molar-refractivity contribution is 7.08. The topological polar surface area (TPSA) is 24.9 Å². The highest BCUT2D eigenvalue weighted by Crippen LogP contribution is 2.30. The second kappa shape index (κ2) is 5.71. The zero-order chi connectivity index (χ0) is 13.9. The third-order valence-corrected chi connectivity index (χ3v) is 3.40. The molecule has 0 aliphatic rings. The normalized spacial score (nSPS) is 13.5. The summed E-state index contributed by atoms with van der Waals surface area (Å²) < 4.78 is 37.5. The van der Waals surface area contributed by atoms with Crippen LogP contribution in [0.5, 0.6) is 0 Å². The first-order valence-corrected chi connectivity index (χ1v) is 6.75. The summed E-state index contributed by atoms with van der Waals surface area (Å²) in [6, 6.07) is 4.27. The van der Waals surface area contributed by atoms with Crippen LogP contribution < -0.4 is 5.32 Å². The number of nitrogens with one attached hydrogen (secondary N) is 1. The lowest BCUT2D eigenvalue weighted by Crippen LogP contribution is -2.22. The highest BCUT2D eigenvalue weighted by atomic mass is 32.1. The standard InChI is InChI=1S/C13H13F3N2S/c1-2-17-12(9-5-6-19-8-9)11-4-3-10(7-18-11)13(14,15)16/h3-8,12,17H,2H2,1H3. The van der Waals surface area contributed by atoms with Crippen molar-refractivity contribution in [2.45, 2.75) is 19.1 Å². The molecule has 0 fully saturated rings. The zero-order valence-corrected chi connectivity index (χ0v) is 11.1. The van der Waals surface area contributed by atoms with Gasteiger partial charge in [0.05, 0.1) is 17.3 Å². The molecule has 19 heavy (non-hydrogen) atoms. The van der Waals surface area contributed by atoms with Gasteiger partial charge in [-0.2, -0.15) is 24.5 Å². The summed E-state index contributed by atoms with van der Waals surface area (Å²) in [5.41, 5.74) is 0.879. The fourth-order valence-corrected chi connectivity index (χ4v) is 2.47. The largest absolute Gasteiger partial charge is 0.417 e. The molecule has 0 spiro atoms. The zero-order valence-electron chi connectivity index (χ0n) is 10.2. The maximum Gasteiger partial charge on any atom is 0.417 e. The van der Waals surface area contributed by atoms with Crippen molar-refractivity contribution in [3.63, 3.8) is 0 Å². The van der Waals surface area contributed by atoms with Crippen molar-refractivity contribution in [3.8, 4) is 0 Å². The summed E-state index contributed by atoms with van der Waals surface area (Å²) in [7, 11) is 0. The van der Waals surface area contributed by atoms with E-state index in [2.05, 4.69) is 10.3 Å². The van der Waals surface area contributed by atoms with Gasteiger partial charge >= 0.3 is 6.18 Å². The van der Waals surface area contributed by atoms with Crippen LogP contribution in [0.15, 0.2) is 35.2 Å². The summed E-state index contributed by atoms with van der Waals surface area (Å²) in [4.78, 5) is 3.94. The first-order chi connectivity index (χ1) is 9.02. The molecule has 0 radical (unpaired) electrons. The molecule has 6 heteroatoms. The Morgan fingerprint density at radius 1 is 1.32 bits per heavy atom. The Morgan fingerprint density at radius 3 is 2.58 bits per heavy atom. The number of thiophene rings is 1. The van der Waals surface area contributed by atoms with Gasteiger partial charge in [-0.15, -0.1) is 0 Å². The fourth-order valence-electron chi connectivity index (χ4n) is 1.78. The van der Waals surface area contributed by atoms with E-state index in [4.69, 9.17) is 0 Å². The Kier molecular flexibility index (Phi) is 4.21. The quantitative estimate of drug-likeness (QED) is 0.923. The lowest BCUT2D eigenvalue weighted by atomic mass is 10.1. The van der Waals surface area contributed by atoms with Gasteiger partial charge in [-0.25, -0.2) is 0 Å². The molecule has 0 aliphatic carbocycles. The Bertz CT molecular complexity index is 506. The molecule has 0 saturated carbocycles. The predicted octanol–water partition coefficient (Wildman–Crippen LogP) is 3.86. The third-order valence-electron chi connectivity index (χ3n) is 2.69. The summed E-state index contributed by atoms with van der Waals surface area (Å²) in [6.07, 6.45) is -3.46.